The van der Waals surface area contributed by atoms with Crippen LogP contribution in [0.1, 0.15) is 32.1 Å². The maximum atomic E-state index is 9.81. The predicted octanol–water partition coefficient (Wildman–Crippen LogP) is 2.11. The summed E-state index contributed by atoms with van der Waals surface area (Å²) in [6, 6.07) is 0. The Morgan fingerprint density at radius 3 is 3.08 bits per heavy atom. The van der Waals surface area contributed by atoms with Crippen LogP contribution in [0.2, 0.25) is 0 Å². The second-order valence-corrected chi connectivity index (χ2v) is 4.74. The highest BCUT2D eigenvalue weighted by atomic mass is 16.3. The number of rotatable bonds is 0. The number of allylic oxidation sites excluding steroid dienone is 2. The van der Waals surface area contributed by atoms with Crippen LogP contribution in [0.25, 0.3) is 0 Å². The zero-order valence-corrected chi connectivity index (χ0v) is 7.37. The van der Waals surface area contributed by atoms with Crippen LogP contribution in [0.3, 0.4) is 0 Å². The van der Waals surface area contributed by atoms with Gasteiger partial charge in [-0.1, -0.05) is 12.2 Å². The minimum absolute atomic E-state index is 0.0118. The molecule has 0 amide bonds. The predicted molar refractivity (Wildman–Crippen MR) is 47.6 cm³/mol. The molecule has 12 heavy (non-hydrogen) atoms. The lowest BCUT2D eigenvalue weighted by molar-refractivity contribution is 0.107. The number of aliphatic hydroxyl groups excluding tert-OH is 1. The lowest BCUT2D eigenvalue weighted by atomic mass is 9.76. The zero-order chi connectivity index (χ0) is 8.18. The highest BCUT2D eigenvalue weighted by Crippen LogP contribution is 2.61. The van der Waals surface area contributed by atoms with Crippen LogP contribution in [0.15, 0.2) is 12.2 Å². The minimum Gasteiger partial charge on any atom is -0.393 e. The topological polar surface area (TPSA) is 20.2 Å². The third-order valence-electron chi connectivity index (χ3n) is 4.46. The van der Waals surface area contributed by atoms with Gasteiger partial charge in [0.1, 0.15) is 0 Å². The van der Waals surface area contributed by atoms with Gasteiger partial charge in [0.05, 0.1) is 6.10 Å². The van der Waals surface area contributed by atoms with Gasteiger partial charge in [0, 0.05) is 0 Å². The van der Waals surface area contributed by atoms with E-state index in [2.05, 4.69) is 12.2 Å². The maximum absolute atomic E-state index is 9.81. The molecule has 66 valence electrons. The summed E-state index contributed by atoms with van der Waals surface area (Å²) in [6.45, 7) is 0. The Morgan fingerprint density at radius 2 is 2.17 bits per heavy atom. The van der Waals surface area contributed by atoms with Crippen molar-refractivity contribution in [3.8, 4) is 0 Å². The van der Waals surface area contributed by atoms with E-state index in [0.717, 1.165) is 12.3 Å². The van der Waals surface area contributed by atoms with Crippen molar-refractivity contribution in [1.82, 2.24) is 0 Å². The van der Waals surface area contributed by atoms with E-state index in [0.29, 0.717) is 11.3 Å². The van der Waals surface area contributed by atoms with Crippen LogP contribution < -0.4 is 0 Å². The van der Waals surface area contributed by atoms with Gasteiger partial charge in [-0.25, -0.2) is 0 Å². The summed E-state index contributed by atoms with van der Waals surface area (Å²) in [4.78, 5) is 0. The van der Waals surface area contributed by atoms with Gasteiger partial charge in [0.25, 0.3) is 0 Å². The van der Waals surface area contributed by atoms with E-state index in [1.165, 1.54) is 25.7 Å². The SMILES string of the molecule is O[C@@H]1CC[C@]23C=CC[C@H]2CC[C@@H]13. The summed E-state index contributed by atoms with van der Waals surface area (Å²) in [5.41, 5.74) is 0.458. The average Bonchev–Trinajstić information content (AvgIpc) is 2.62. The van der Waals surface area contributed by atoms with Crippen molar-refractivity contribution < 1.29 is 5.11 Å². The third-order valence-corrected chi connectivity index (χ3v) is 4.46. The van der Waals surface area contributed by atoms with Crippen LogP contribution in [-0.4, -0.2) is 11.2 Å². The molecule has 0 aromatic rings. The van der Waals surface area contributed by atoms with Gasteiger partial charge < -0.3 is 5.11 Å². The molecule has 0 radical (unpaired) electrons. The van der Waals surface area contributed by atoms with E-state index in [-0.39, 0.29) is 6.10 Å². The molecular weight excluding hydrogens is 148 g/mol. The highest BCUT2D eigenvalue weighted by molar-refractivity contribution is 5.20. The van der Waals surface area contributed by atoms with Crippen molar-refractivity contribution in [1.29, 1.82) is 0 Å². The fourth-order valence-corrected chi connectivity index (χ4v) is 3.89. The lowest BCUT2D eigenvalue weighted by Crippen LogP contribution is -2.25. The van der Waals surface area contributed by atoms with Crippen molar-refractivity contribution in [2.45, 2.75) is 38.2 Å². The fraction of sp³-hybridized carbons (Fsp3) is 0.818. The van der Waals surface area contributed by atoms with Gasteiger partial charge >= 0.3 is 0 Å². The van der Waals surface area contributed by atoms with Crippen LogP contribution in [0.5, 0.6) is 0 Å². The van der Waals surface area contributed by atoms with Crippen molar-refractivity contribution in [3.63, 3.8) is 0 Å². The van der Waals surface area contributed by atoms with E-state index >= 15 is 0 Å². The molecule has 2 fully saturated rings. The average molecular weight is 164 g/mol. The molecule has 1 N–H and O–H groups in total. The van der Waals surface area contributed by atoms with E-state index in [9.17, 15) is 5.11 Å². The number of aliphatic hydroxyl groups is 1. The Morgan fingerprint density at radius 1 is 1.25 bits per heavy atom. The van der Waals surface area contributed by atoms with Crippen LogP contribution >= 0.6 is 0 Å². The molecule has 0 aromatic heterocycles. The first kappa shape index (κ1) is 7.14. The molecule has 0 saturated heterocycles. The summed E-state index contributed by atoms with van der Waals surface area (Å²) in [5, 5.41) is 9.81. The Bertz CT molecular complexity index is 233. The van der Waals surface area contributed by atoms with Crippen LogP contribution in [-0.2, 0) is 0 Å². The van der Waals surface area contributed by atoms with Gasteiger partial charge in [0.2, 0.25) is 0 Å². The van der Waals surface area contributed by atoms with Crippen molar-refractivity contribution in [2.24, 2.45) is 17.3 Å². The molecule has 1 spiro atoms. The van der Waals surface area contributed by atoms with E-state index in [4.69, 9.17) is 0 Å². The van der Waals surface area contributed by atoms with Crippen LogP contribution in [0.4, 0.5) is 0 Å². The van der Waals surface area contributed by atoms with Gasteiger partial charge in [-0.3, -0.25) is 0 Å². The Hall–Kier alpha value is -0.300. The fourth-order valence-electron chi connectivity index (χ4n) is 3.89. The summed E-state index contributed by atoms with van der Waals surface area (Å²) >= 11 is 0. The molecule has 4 atom stereocenters. The van der Waals surface area contributed by atoms with Gasteiger partial charge in [0.15, 0.2) is 0 Å². The standard InChI is InChI=1S/C11H16O/c12-10-5-7-11-6-1-2-8(11)3-4-9(10)11/h1,6,8-10,12H,2-5,7H2/t8-,9-,10+,11+/m0/s1. The molecule has 1 heteroatoms. The quantitative estimate of drug-likeness (QED) is 0.544. The van der Waals surface area contributed by atoms with Crippen LogP contribution in [0, 0.1) is 17.3 Å². The first-order chi connectivity index (χ1) is 5.83. The zero-order valence-electron chi connectivity index (χ0n) is 7.37. The number of hydrogen-bond acceptors (Lipinski definition) is 1. The van der Waals surface area contributed by atoms with E-state index < -0.39 is 0 Å². The summed E-state index contributed by atoms with van der Waals surface area (Å²) < 4.78 is 0. The molecule has 0 aliphatic heterocycles. The summed E-state index contributed by atoms with van der Waals surface area (Å²) in [7, 11) is 0. The lowest BCUT2D eigenvalue weighted by Gasteiger charge is -2.28. The molecule has 0 heterocycles. The maximum Gasteiger partial charge on any atom is 0.0577 e. The van der Waals surface area contributed by atoms with Crippen molar-refractivity contribution >= 4 is 0 Å². The molecular formula is C11H16O. The molecule has 0 aromatic carbocycles. The monoisotopic (exact) mass is 164 g/mol. The normalized spacial score (nSPS) is 55.9. The molecule has 1 nitrogen and oxygen atoms in total. The van der Waals surface area contributed by atoms with E-state index in [1.54, 1.807) is 0 Å². The largest absolute Gasteiger partial charge is 0.393 e. The molecule has 3 rings (SSSR count). The summed E-state index contributed by atoms with van der Waals surface area (Å²) in [6.07, 6.45) is 11.0. The summed E-state index contributed by atoms with van der Waals surface area (Å²) in [5.74, 6) is 1.50. The number of hydrogen-bond donors (Lipinski definition) is 1. The molecule has 3 aliphatic carbocycles. The van der Waals surface area contributed by atoms with Crippen molar-refractivity contribution in [2.75, 3.05) is 0 Å². The second kappa shape index (κ2) is 2.14. The van der Waals surface area contributed by atoms with Gasteiger partial charge in [-0.05, 0) is 49.4 Å². The van der Waals surface area contributed by atoms with Gasteiger partial charge in [-0.15, -0.1) is 0 Å². The highest BCUT2D eigenvalue weighted by Gasteiger charge is 2.55. The first-order valence-electron chi connectivity index (χ1n) is 5.19. The molecule has 0 bridgehead atoms. The Labute approximate surface area is 73.5 Å². The molecule has 0 unspecified atom stereocenters. The smallest absolute Gasteiger partial charge is 0.0577 e. The third kappa shape index (κ3) is 0.646. The second-order valence-electron chi connectivity index (χ2n) is 4.74. The Kier molecular flexibility index (Phi) is 1.27. The molecule has 3 aliphatic rings. The Balaban J connectivity index is 2.01. The molecule has 2 saturated carbocycles. The van der Waals surface area contributed by atoms with Gasteiger partial charge in [-0.2, -0.15) is 0 Å². The van der Waals surface area contributed by atoms with Crippen molar-refractivity contribution in [3.05, 3.63) is 12.2 Å². The minimum atomic E-state index is 0.0118. The van der Waals surface area contributed by atoms with E-state index in [1.807, 2.05) is 0 Å². The first-order valence-corrected chi connectivity index (χ1v) is 5.19.